The smallest absolute Gasteiger partial charge is 0.318 e. The van der Waals surface area contributed by atoms with E-state index in [2.05, 4.69) is 51.6 Å². The first-order valence-corrected chi connectivity index (χ1v) is 28.9. The molecule has 0 bridgehead atoms. The fourth-order valence-corrected chi connectivity index (χ4v) is 18.0. The molecule has 1 fully saturated rings. The molecule has 0 aliphatic heterocycles. The second-order valence-electron chi connectivity index (χ2n) is 20.0. The van der Waals surface area contributed by atoms with Crippen LogP contribution in [0.4, 0.5) is 5.69 Å². The van der Waals surface area contributed by atoms with Crippen LogP contribution < -0.4 is 4.74 Å². The number of nitro groups is 1. The molecule has 6 rings (SSSR count). The van der Waals surface area contributed by atoms with E-state index in [0.717, 1.165) is 22.8 Å². The molecule has 14 nitrogen and oxygen atoms in total. The quantitative estimate of drug-likeness (QED) is 0.00639. The zero-order valence-corrected chi connectivity index (χ0v) is 45.6. The number of ether oxygens (including phenoxy) is 3. The van der Waals surface area contributed by atoms with E-state index in [9.17, 15) is 34.0 Å². The number of nitrogens with zero attached hydrogens (tertiary/aromatic N) is 4. The Bertz CT molecular complexity index is 2790. The lowest BCUT2D eigenvalue weighted by atomic mass is 9.80. The van der Waals surface area contributed by atoms with Crippen LogP contribution in [0.3, 0.4) is 0 Å². The lowest BCUT2D eigenvalue weighted by Crippen LogP contribution is -2.53. The number of sulfone groups is 1. The number of aromatic hydroxyl groups is 1. The van der Waals surface area contributed by atoms with Crippen LogP contribution in [0.5, 0.6) is 11.5 Å². The Morgan fingerprint density at radius 1 is 0.824 bits per heavy atom. The molecule has 0 radical (unpaired) electrons. The van der Waals surface area contributed by atoms with Crippen LogP contribution in [0.25, 0.3) is 10.4 Å². The van der Waals surface area contributed by atoms with E-state index in [1.807, 2.05) is 117 Å². The zero-order chi connectivity index (χ0) is 53.8. The van der Waals surface area contributed by atoms with Crippen molar-refractivity contribution < 1.29 is 41.9 Å². The van der Waals surface area contributed by atoms with Gasteiger partial charge in [-0.1, -0.05) is 181 Å². The second-order valence-corrected chi connectivity index (χ2v) is 27.6. The Kier molecular flexibility index (Phi) is 18.9. The monoisotopic (exact) mass is 1040 g/mol. The van der Waals surface area contributed by atoms with E-state index < -0.39 is 75.0 Å². The van der Waals surface area contributed by atoms with Crippen molar-refractivity contribution in [3.05, 3.63) is 200 Å². The molecule has 1 unspecified atom stereocenters. The summed E-state index contributed by atoms with van der Waals surface area (Å²) in [5, 5.41) is 26.1. The summed E-state index contributed by atoms with van der Waals surface area (Å²) in [6.45, 7) is 16.9. The van der Waals surface area contributed by atoms with Gasteiger partial charge >= 0.3 is 11.7 Å². The predicted molar refractivity (Wildman–Crippen MR) is 291 cm³/mol. The molecule has 1 saturated carbocycles. The van der Waals surface area contributed by atoms with Crippen molar-refractivity contribution in [3.8, 4) is 11.5 Å². The number of rotatable bonds is 26. The number of azide groups is 1. The van der Waals surface area contributed by atoms with Crippen LogP contribution in [0.15, 0.2) is 167 Å². The fraction of sp³-hybridized carbons (Fsp3) is 0.397. The highest BCUT2D eigenvalue weighted by molar-refractivity contribution is 7.91. The Morgan fingerprint density at radius 3 is 1.77 bits per heavy atom. The van der Waals surface area contributed by atoms with Gasteiger partial charge in [0.1, 0.15) is 23.0 Å². The van der Waals surface area contributed by atoms with Crippen molar-refractivity contribution >= 4 is 29.8 Å². The number of phenolic OH excluding ortho intramolecular Hbond substituents is 1. The lowest BCUT2D eigenvalue weighted by molar-refractivity contribution is -0.386. The van der Waals surface area contributed by atoms with Crippen LogP contribution in [-0.2, 0) is 34.1 Å². The summed E-state index contributed by atoms with van der Waals surface area (Å²) < 4.78 is 56.0. The van der Waals surface area contributed by atoms with Crippen LogP contribution >= 0.6 is 0 Å². The third kappa shape index (κ3) is 12.2. The largest absolute Gasteiger partial charge is 0.502 e. The molecule has 74 heavy (non-hydrogen) atoms. The van der Waals surface area contributed by atoms with Gasteiger partial charge in [0.15, 0.2) is 15.6 Å². The summed E-state index contributed by atoms with van der Waals surface area (Å²) in [5.74, 6) is -2.02. The maximum atomic E-state index is 14.8. The molecule has 0 heterocycles. The fourth-order valence-electron chi connectivity index (χ4n) is 10.6. The topological polar surface area (TPSA) is 200 Å². The average Bonchev–Trinajstić information content (AvgIpc) is 4.19. The van der Waals surface area contributed by atoms with Gasteiger partial charge in [0.2, 0.25) is 8.32 Å². The summed E-state index contributed by atoms with van der Waals surface area (Å²) in [7, 11) is -5.82. The van der Waals surface area contributed by atoms with E-state index in [0.29, 0.717) is 18.4 Å². The van der Waals surface area contributed by atoms with Crippen LogP contribution in [0.2, 0.25) is 16.6 Å². The van der Waals surface area contributed by atoms with E-state index in [4.69, 9.17) is 18.6 Å². The highest BCUT2D eigenvalue weighted by Crippen LogP contribution is 2.48. The highest BCUT2D eigenvalue weighted by atomic mass is 32.2. The number of allylic oxidation sites excluding steroid dienone is 1. The molecule has 0 aromatic heterocycles. The van der Waals surface area contributed by atoms with Crippen molar-refractivity contribution in [1.29, 1.82) is 0 Å². The molecule has 0 spiro atoms. The number of nitro benzene ring substituents is 1. The Hall–Kier alpha value is -6.55. The van der Waals surface area contributed by atoms with Gasteiger partial charge in [-0.05, 0) is 88.8 Å². The normalized spacial score (nSPS) is 15.6. The van der Waals surface area contributed by atoms with Crippen LogP contribution in [0.1, 0.15) is 109 Å². The molecule has 5 aromatic rings. The molecule has 1 aliphatic carbocycles. The molecular weight excluding hydrogens is 973 g/mol. The van der Waals surface area contributed by atoms with Crippen molar-refractivity contribution in [2.24, 2.45) is 11.0 Å². The number of hydrogen-bond acceptors (Lipinski definition) is 11. The molecular formula is C58H70N4O10SSi. The van der Waals surface area contributed by atoms with Crippen molar-refractivity contribution in [2.75, 3.05) is 13.7 Å². The number of carbonyl (C=O) groups excluding carboxylic acids is 1. The Balaban J connectivity index is 1.45. The molecule has 5 aromatic carbocycles. The first-order valence-electron chi connectivity index (χ1n) is 25.2. The maximum absolute atomic E-state index is 14.8. The second kappa shape index (κ2) is 24.7. The molecule has 1 aliphatic rings. The number of benzene rings is 5. The van der Waals surface area contributed by atoms with E-state index in [-0.39, 0.29) is 52.3 Å². The lowest BCUT2D eigenvalue weighted by Gasteiger charge is -2.47. The number of carbonyl (C=O) groups is 1. The number of phenols is 1. The molecule has 4 atom stereocenters. The summed E-state index contributed by atoms with van der Waals surface area (Å²) in [6, 6.07) is 40.2. The zero-order valence-electron chi connectivity index (χ0n) is 43.8. The minimum atomic E-state index is -4.33. The molecule has 0 amide bonds. The average molecular weight is 1040 g/mol. The Labute approximate surface area is 437 Å². The van der Waals surface area contributed by atoms with Gasteiger partial charge in [-0.15, -0.1) is 0 Å². The summed E-state index contributed by atoms with van der Waals surface area (Å²) in [5.41, 5.74) is 10.1. The van der Waals surface area contributed by atoms with Gasteiger partial charge in [-0.25, -0.2) is 8.42 Å². The maximum Gasteiger partial charge on any atom is 0.318 e. The van der Waals surface area contributed by atoms with Gasteiger partial charge < -0.3 is 23.7 Å². The van der Waals surface area contributed by atoms with Crippen LogP contribution in [0, 0.1) is 16.0 Å². The van der Waals surface area contributed by atoms with Crippen molar-refractivity contribution in [1.82, 2.24) is 0 Å². The minimum absolute atomic E-state index is 0.00181. The van der Waals surface area contributed by atoms with Gasteiger partial charge in [-0.3, -0.25) is 14.9 Å². The van der Waals surface area contributed by atoms with Gasteiger partial charge in [0.25, 0.3) is 0 Å². The minimum Gasteiger partial charge on any atom is -0.502 e. The van der Waals surface area contributed by atoms with Crippen LogP contribution in [-0.4, -0.2) is 64.2 Å². The van der Waals surface area contributed by atoms with E-state index >= 15 is 0 Å². The summed E-state index contributed by atoms with van der Waals surface area (Å²) in [4.78, 5) is 28.6. The number of esters is 1. The van der Waals surface area contributed by atoms with Crippen molar-refractivity contribution in [2.45, 2.75) is 131 Å². The molecule has 0 saturated heterocycles. The standard InChI is InChI=1S/C58H70N4O10SSi/c1-40(2)74(41(3)4,42(5)6)72-55(43(7)33-34-53(73(67,68)49-30-20-13-21-31-49)50-38-48(69-9)39-51(54(50)63)62(65)66)44(8)52(71-56(64)57(35-36-57)60-61-59)32-22-23-37-70-58(45-24-14-10-15-25-45,46-26-16-11-17-27-46)47-28-18-12-19-29-47/h10-31,33,38-42,44,52-53,55,63H,32,34-37H2,1-9H3/b23-22+,43-33?/t44-,52-,53?,55-/m0/s1. The SMILES string of the molecule is COc1cc(C(CC=C(C)[C@H](O[Si](C(C)C)(C(C)C)C(C)C)[C@@H](C)[C@H](C/C=C/COC(c2ccccc2)(c2ccccc2)c2ccccc2)OC(=O)C2(N=[N+]=[N-])CC2)S(=O)(=O)c2ccccc2)c(O)c([N+](=O)[O-])c1. The molecule has 392 valence electrons. The Morgan fingerprint density at radius 2 is 1.32 bits per heavy atom. The van der Waals surface area contributed by atoms with E-state index in [1.165, 1.54) is 25.3 Å². The van der Waals surface area contributed by atoms with E-state index in [1.54, 1.807) is 24.3 Å². The van der Waals surface area contributed by atoms with Crippen molar-refractivity contribution in [3.63, 3.8) is 0 Å². The highest BCUT2D eigenvalue weighted by Gasteiger charge is 2.53. The van der Waals surface area contributed by atoms with Gasteiger partial charge in [0.05, 0.1) is 41.0 Å². The summed E-state index contributed by atoms with van der Waals surface area (Å²) >= 11 is 0. The number of methoxy groups -OCH3 is 1. The first kappa shape index (κ1) is 56.7. The third-order valence-corrected chi connectivity index (χ3v) is 22.8. The van der Waals surface area contributed by atoms with Gasteiger partial charge in [-0.2, -0.15) is 0 Å². The summed E-state index contributed by atoms with van der Waals surface area (Å²) in [6.07, 6.45) is 4.62. The van der Waals surface area contributed by atoms with Gasteiger partial charge in [0, 0.05) is 22.8 Å². The third-order valence-electron chi connectivity index (χ3n) is 14.6. The first-order chi connectivity index (χ1) is 35.3. The molecule has 16 heteroatoms. The number of hydrogen-bond donors (Lipinski definition) is 1. The molecule has 1 N–H and O–H groups in total. The predicted octanol–water partition coefficient (Wildman–Crippen LogP) is 14.1.